The van der Waals surface area contributed by atoms with E-state index in [-0.39, 0.29) is 19.1 Å². The molecule has 0 spiro atoms. The van der Waals surface area contributed by atoms with Crippen molar-refractivity contribution in [2.45, 2.75) is 51.3 Å². The predicted molar refractivity (Wildman–Crippen MR) is 171 cm³/mol. The van der Waals surface area contributed by atoms with Crippen LogP contribution < -0.4 is 9.91 Å². The average molecular weight is 605 g/mol. The first-order chi connectivity index (χ1) is 21.9. The van der Waals surface area contributed by atoms with Crippen LogP contribution in [0.3, 0.4) is 0 Å². The molecule has 0 aliphatic carbocycles. The molecule has 10 nitrogen and oxygen atoms in total. The SMILES string of the molecule is C[C@@H](/C=C/CCn1cc(CCO)nn1)[C@]1(O)C(=O)N(Cc2cccc(N3N=C(c4ccccc4)CCC3=O)c2)c2ccccc21. The number of hydrogen-bond acceptors (Lipinski definition) is 7. The molecule has 0 saturated carbocycles. The molecule has 6 rings (SSSR count). The van der Waals surface area contributed by atoms with Crippen LogP contribution >= 0.6 is 0 Å². The van der Waals surface area contributed by atoms with E-state index < -0.39 is 17.4 Å². The number of aliphatic hydroxyl groups excluding tert-OH is 1. The smallest absolute Gasteiger partial charge is 0.264 e. The number of allylic oxidation sites excluding steroid dienone is 1. The van der Waals surface area contributed by atoms with Crippen molar-refractivity contribution in [1.29, 1.82) is 0 Å². The predicted octanol–water partition coefficient (Wildman–Crippen LogP) is 4.36. The second kappa shape index (κ2) is 13.0. The molecule has 45 heavy (non-hydrogen) atoms. The fourth-order valence-electron chi connectivity index (χ4n) is 5.94. The zero-order chi connectivity index (χ0) is 31.4. The average Bonchev–Trinajstić information content (AvgIpc) is 3.60. The number of fused-ring (bicyclic) bond motifs is 1. The first-order valence-corrected chi connectivity index (χ1v) is 15.2. The Bertz CT molecular complexity index is 1750. The number of amides is 2. The molecule has 3 aromatic carbocycles. The van der Waals surface area contributed by atoms with Gasteiger partial charge < -0.3 is 15.1 Å². The van der Waals surface area contributed by atoms with Gasteiger partial charge in [-0.25, -0.2) is 5.01 Å². The Labute approximate surface area is 261 Å². The second-order valence-electron chi connectivity index (χ2n) is 11.4. The van der Waals surface area contributed by atoms with Crippen molar-refractivity contribution >= 4 is 28.9 Å². The Morgan fingerprint density at radius 1 is 1.00 bits per heavy atom. The van der Waals surface area contributed by atoms with Gasteiger partial charge in [0, 0.05) is 50.1 Å². The largest absolute Gasteiger partial charge is 0.396 e. The molecule has 2 N–H and O–H groups in total. The zero-order valence-corrected chi connectivity index (χ0v) is 25.2. The third kappa shape index (κ3) is 6.07. The third-order valence-corrected chi connectivity index (χ3v) is 8.37. The van der Waals surface area contributed by atoms with Crippen LogP contribution in [-0.4, -0.2) is 49.3 Å². The molecule has 0 fully saturated rings. The lowest BCUT2D eigenvalue weighted by molar-refractivity contribution is -0.139. The van der Waals surface area contributed by atoms with Crippen LogP contribution in [0.2, 0.25) is 0 Å². The molecular weight excluding hydrogens is 568 g/mol. The monoisotopic (exact) mass is 604 g/mol. The lowest BCUT2D eigenvalue weighted by Gasteiger charge is -2.28. The van der Waals surface area contributed by atoms with Gasteiger partial charge in [0.05, 0.1) is 29.3 Å². The molecule has 2 aliphatic rings. The lowest BCUT2D eigenvalue weighted by atomic mass is 9.83. The van der Waals surface area contributed by atoms with Crippen LogP contribution in [0.5, 0.6) is 0 Å². The Hall–Kier alpha value is -4.93. The first-order valence-electron chi connectivity index (χ1n) is 15.2. The molecule has 230 valence electrons. The van der Waals surface area contributed by atoms with Gasteiger partial charge in [0.15, 0.2) is 5.60 Å². The number of carbonyl (C=O) groups excluding carboxylic acids is 2. The molecular formula is C35H36N6O4. The Morgan fingerprint density at radius 2 is 1.80 bits per heavy atom. The van der Waals surface area contributed by atoms with Gasteiger partial charge in [-0.15, -0.1) is 5.10 Å². The molecule has 0 radical (unpaired) electrons. The van der Waals surface area contributed by atoms with E-state index >= 15 is 0 Å². The van der Waals surface area contributed by atoms with E-state index in [2.05, 4.69) is 10.3 Å². The van der Waals surface area contributed by atoms with Gasteiger partial charge in [0.25, 0.3) is 5.91 Å². The summed E-state index contributed by atoms with van der Waals surface area (Å²) in [5.74, 6) is -0.978. The molecule has 2 aliphatic heterocycles. The highest BCUT2D eigenvalue weighted by Crippen LogP contribution is 2.45. The standard InChI is InChI=1S/C35H36N6O4/c1-25(10-7-8-20-39-24-28(19-21-42)36-38-39)35(45)30-15-5-6-16-32(30)40(34(35)44)23-26-11-9-14-29(22-26)41-33(43)18-17-31(37-41)27-12-3-2-4-13-27/h2-7,9-16,22,24-25,42,45H,8,17-21,23H2,1H3/b10-7+/t25-,35+/m0/s1. The molecule has 3 heterocycles. The molecule has 0 bridgehead atoms. The fraction of sp³-hybridized carbons (Fsp3) is 0.286. The highest BCUT2D eigenvalue weighted by Gasteiger charge is 2.52. The van der Waals surface area contributed by atoms with Crippen molar-refractivity contribution in [3.8, 4) is 0 Å². The highest BCUT2D eigenvalue weighted by atomic mass is 16.3. The minimum Gasteiger partial charge on any atom is -0.396 e. The molecule has 2 atom stereocenters. The highest BCUT2D eigenvalue weighted by molar-refractivity contribution is 6.09. The topological polar surface area (TPSA) is 124 Å². The summed E-state index contributed by atoms with van der Waals surface area (Å²) < 4.78 is 1.71. The maximum atomic E-state index is 14.0. The summed E-state index contributed by atoms with van der Waals surface area (Å²) in [5.41, 5.74) is 3.51. The van der Waals surface area contributed by atoms with Crippen LogP contribution in [0, 0.1) is 5.92 Å². The maximum absolute atomic E-state index is 14.0. The number of benzene rings is 3. The van der Waals surface area contributed by atoms with Crippen molar-refractivity contribution in [3.63, 3.8) is 0 Å². The molecule has 0 unspecified atom stereocenters. The summed E-state index contributed by atoms with van der Waals surface area (Å²) in [4.78, 5) is 28.5. The molecule has 0 saturated heterocycles. The molecule has 1 aromatic heterocycles. The number of hydrazone groups is 1. The van der Waals surface area contributed by atoms with Crippen molar-refractivity contribution in [2.24, 2.45) is 11.0 Å². The molecule has 2 amide bonds. The Kier molecular flexibility index (Phi) is 8.68. The number of rotatable bonds is 11. The Balaban J connectivity index is 1.19. The first kappa shape index (κ1) is 30.1. The van der Waals surface area contributed by atoms with Crippen LogP contribution in [0.25, 0.3) is 0 Å². The number of hydrogen-bond donors (Lipinski definition) is 2. The van der Waals surface area contributed by atoms with Gasteiger partial charge in [-0.2, -0.15) is 5.10 Å². The van der Waals surface area contributed by atoms with Crippen LogP contribution in [-0.2, 0) is 34.7 Å². The van der Waals surface area contributed by atoms with Gasteiger partial charge in [-0.1, -0.05) is 85.0 Å². The molecule has 10 heteroatoms. The quantitative estimate of drug-likeness (QED) is 0.245. The second-order valence-corrected chi connectivity index (χ2v) is 11.4. The van der Waals surface area contributed by atoms with Crippen molar-refractivity contribution in [3.05, 3.63) is 120 Å². The maximum Gasteiger partial charge on any atom is 0.264 e. The number of aromatic nitrogens is 3. The van der Waals surface area contributed by atoms with Crippen LogP contribution in [0.4, 0.5) is 11.4 Å². The normalized spacial score (nSPS) is 18.9. The van der Waals surface area contributed by atoms with Gasteiger partial charge >= 0.3 is 0 Å². The summed E-state index contributed by atoms with van der Waals surface area (Å²) in [6.45, 7) is 2.68. The van der Waals surface area contributed by atoms with E-state index in [1.807, 2.05) is 91.9 Å². The van der Waals surface area contributed by atoms with E-state index in [0.29, 0.717) is 49.2 Å². The van der Waals surface area contributed by atoms with Crippen LogP contribution in [0.1, 0.15) is 48.6 Å². The van der Waals surface area contributed by atoms with Gasteiger partial charge in [-0.05, 0) is 35.7 Å². The molecule has 4 aromatic rings. The fourth-order valence-corrected chi connectivity index (χ4v) is 5.94. The van der Waals surface area contributed by atoms with E-state index in [4.69, 9.17) is 10.2 Å². The van der Waals surface area contributed by atoms with Crippen molar-refractivity contribution in [2.75, 3.05) is 16.5 Å². The van der Waals surface area contributed by atoms with E-state index in [0.717, 1.165) is 22.5 Å². The van der Waals surface area contributed by atoms with Gasteiger partial charge in [-0.3, -0.25) is 14.3 Å². The number of aliphatic hydroxyl groups is 2. The third-order valence-electron chi connectivity index (χ3n) is 8.37. The number of anilines is 2. The number of para-hydroxylation sites is 1. The number of nitrogens with zero attached hydrogens (tertiary/aromatic N) is 6. The van der Waals surface area contributed by atoms with E-state index in [9.17, 15) is 14.7 Å². The summed E-state index contributed by atoms with van der Waals surface area (Å²) in [6.07, 6.45) is 7.65. The summed E-state index contributed by atoms with van der Waals surface area (Å²) >= 11 is 0. The van der Waals surface area contributed by atoms with Gasteiger partial charge in [0.2, 0.25) is 5.91 Å². The lowest BCUT2D eigenvalue weighted by Crippen LogP contribution is -2.44. The van der Waals surface area contributed by atoms with E-state index in [1.165, 1.54) is 5.01 Å². The minimum absolute atomic E-state index is 0.0227. The van der Waals surface area contributed by atoms with Gasteiger partial charge in [0.1, 0.15) is 0 Å². The van der Waals surface area contributed by atoms with Crippen LogP contribution in [0.15, 0.2) is 102 Å². The zero-order valence-electron chi connectivity index (χ0n) is 25.2. The number of aryl methyl sites for hydroxylation is 1. The number of carbonyl (C=O) groups is 2. The minimum atomic E-state index is -1.73. The van der Waals surface area contributed by atoms with E-state index in [1.54, 1.807) is 21.8 Å². The van der Waals surface area contributed by atoms with Crippen molar-refractivity contribution in [1.82, 2.24) is 15.0 Å². The summed E-state index contributed by atoms with van der Waals surface area (Å²) in [6, 6.07) is 24.7. The summed E-state index contributed by atoms with van der Waals surface area (Å²) in [5, 5.41) is 35.3. The van der Waals surface area contributed by atoms with Crippen molar-refractivity contribution < 1.29 is 19.8 Å². The Morgan fingerprint density at radius 3 is 2.62 bits per heavy atom. The summed E-state index contributed by atoms with van der Waals surface area (Å²) in [7, 11) is 0.